The fourth-order valence-electron chi connectivity index (χ4n) is 1.20. The van der Waals surface area contributed by atoms with E-state index in [1.807, 2.05) is 30.5 Å². The summed E-state index contributed by atoms with van der Waals surface area (Å²) in [6.07, 6.45) is 0. The van der Waals surface area contributed by atoms with Gasteiger partial charge in [0.2, 0.25) is 0 Å². The third kappa shape index (κ3) is 2.77. The van der Waals surface area contributed by atoms with Crippen LogP contribution in [0.3, 0.4) is 0 Å². The molecule has 1 aromatic heterocycles. The Labute approximate surface area is 107 Å². The zero-order valence-electron chi connectivity index (χ0n) is 8.61. The highest BCUT2D eigenvalue weighted by molar-refractivity contribution is 8.01. The second-order valence-electron chi connectivity index (χ2n) is 3.27. The predicted octanol–water partition coefficient (Wildman–Crippen LogP) is 3.75. The lowest BCUT2D eigenvalue weighted by molar-refractivity contribution is 0.282. The van der Waals surface area contributed by atoms with Gasteiger partial charge in [0.25, 0.3) is 0 Å². The quantitative estimate of drug-likeness (QED) is 0.923. The van der Waals surface area contributed by atoms with E-state index in [9.17, 15) is 0 Å². The topological polar surface area (TPSA) is 33.1 Å². The van der Waals surface area contributed by atoms with Crippen molar-refractivity contribution in [3.63, 3.8) is 0 Å². The maximum atomic E-state index is 9.00. The van der Waals surface area contributed by atoms with Crippen molar-refractivity contribution < 1.29 is 5.11 Å². The molecule has 1 N–H and O–H groups in total. The number of hydrogen-bond donors (Lipinski definition) is 1. The van der Waals surface area contributed by atoms with Gasteiger partial charge in [0.15, 0.2) is 4.34 Å². The smallest absolute Gasteiger partial charge is 0.154 e. The van der Waals surface area contributed by atoms with Crippen LogP contribution in [-0.2, 0) is 6.61 Å². The second-order valence-corrected chi connectivity index (χ2v) is 5.85. The Hall–Kier alpha value is -0.550. The van der Waals surface area contributed by atoms with Crippen LogP contribution in [0.5, 0.6) is 0 Å². The number of aryl methyl sites for hydroxylation is 1. The van der Waals surface area contributed by atoms with Crippen molar-refractivity contribution in [1.29, 1.82) is 0 Å². The molecule has 0 saturated carbocycles. The highest BCUT2D eigenvalue weighted by Crippen LogP contribution is 2.32. The zero-order valence-corrected chi connectivity index (χ0v) is 11.0. The van der Waals surface area contributed by atoms with Crippen LogP contribution in [-0.4, -0.2) is 10.1 Å². The molecule has 2 nitrogen and oxygen atoms in total. The summed E-state index contributed by atoms with van der Waals surface area (Å²) < 4.78 is 1.00. The average molecular weight is 272 g/mol. The standard InChI is InChI=1S/C11H10ClNOS2/c1-7-6-15-11(13-7)16-9-3-2-8(5-14)10(12)4-9/h2-4,6,14H,5H2,1H3. The molecule has 0 aliphatic rings. The number of aliphatic hydroxyl groups is 1. The molecule has 2 rings (SSSR count). The molecule has 16 heavy (non-hydrogen) atoms. The summed E-state index contributed by atoms with van der Waals surface area (Å²) in [6.45, 7) is 1.95. The Morgan fingerprint density at radius 2 is 2.31 bits per heavy atom. The maximum Gasteiger partial charge on any atom is 0.154 e. The van der Waals surface area contributed by atoms with Gasteiger partial charge >= 0.3 is 0 Å². The third-order valence-electron chi connectivity index (χ3n) is 2.00. The van der Waals surface area contributed by atoms with Crippen molar-refractivity contribution in [2.24, 2.45) is 0 Å². The summed E-state index contributed by atoms with van der Waals surface area (Å²) in [7, 11) is 0. The van der Waals surface area contributed by atoms with E-state index in [1.165, 1.54) is 0 Å². The number of nitrogens with zero attached hydrogens (tertiary/aromatic N) is 1. The van der Waals surface area contributed by atoms with Crippen molar-refractivity contribution >= 4 is 34.7 Å². The summed E-state index contributed by atoms with van der Waals surface area (Å²) in [6, 6.07) is 5.64. The van der Waals surface area contributed by atoms with Gasteiger partial charge < -0.3 is 5.11 Å². The first-order valence-corrected chi connectivity index (χ1v) is 6.75. The Balaban J connectivity index is 2.19. The van der Waals surface area contributed by atoms with Gasteiger partial charge in [-0.2, -0.15) is 0 Å². The van der Waals surface area contributed by atoms with Gasteiger partial charge in [-0.15, -0.1) is 11.3 Å². The Morgan fingerprint density at radius 3 is 2.88 bits per heavy atom. The van der Waals surface area contributed by atoms with Gasteiger partial charge in [0.1, 0.15) is 0 Å². The molecule has 0 spiro atoms. The molecular formula is C11H10ClNOS2. The normalized spacial score (nSPS) is 10.7. The minimum Gasteiger partial charge on any atom is -0.392 e. The Morgan fingerprint density at radius 1 is 1.50 bits per heavy atom. The molecule has 0 radical (unpaired) electrons. The summed E-state index contributed by atoms with van der Waals surface area (Å²) in [5.41, 5.74) is 1.78. The predicted molar refractivity (Wildman–Crippen MR) is 68.3 cm³/mol. The van der Waals surface area contributed by atoms with Crippen LogP contribution in [0.1, 0.15) is 11.3 Å². The number of hydrogen-bond acceptors (Lipinski definition) is 4. The van der Waals surface area contributed by atoms with E-state index in [0.29, 0.717) is 5.02 Å². The SMILES string of the molecule is Cc1csc(Sc2ccc(CO)c(Cl)c2)n1. The zero-order chi connectivity index (χ0) is 11.5. The average Bonchev–Trinajstić information content (AvgIpc) is 2.64. The number of halogens is 1. The minimum absolute atomic E-state index is 0.0276. The van der Waals surface area contributed by atoms with Gasteiger partial charge in [0, 0.05) is 21.0 Å². The molecular weight excluding hydrogens is 262 g/mol. The summed E-state index contributed by atoms with van der Waals surface area (Å²) in [4.78, 5) is 5.41. The third-order valence-corrected chi connectivity index (χ3v) is 4.40. The molecule has 2 aromatic rings. The van der Waals surface area contributed by atoms with Crippen LogP contribution < -0.4 is 0 Å². The molecule has 0 unspecified atom stereocenters. The van der Waals surface area contributed by atoms with Crippen LogP contribution in [0.4, 0.5) is 0 Å². The molecule has 1 heterocycles. The van der Waals surface area contributed by atoms with Crippen LogP contribution in [0.2, 0.25) is 5.02 Å². The highest BCUT2D eigenvalue weighted by atomic mass is 35.5. The number of aliphatic hydroxyl groups excluding tert-OH is 1. The van der Waals surface area contributed by atoms with Gasteiger partial charge in [-0.25, -0.2) is 4.98 Å². The van der Waals surface area contributed by atoms with E-state index in [2.05, 4.69) is 4.98 Å². The van der Waals surface area contributed by atoms with E-state index in [1.54, 1.807) is 23.1 Å². The van der Waals surface area contributed by atoms with Crippen LogP contribution in [0.15, 0.2) is 32.8 Å². The van der Waals surface area contributed by atoms with Crippen LogP contribution >= 0.6 is 34.7 Å². The monoisotopic (exact) mass is 271 g/mol. The molecule has 5 heteroatoms. The summed E-state index contributed by atoms with van der Waals surface area (Å²) in [5, 5.41) is 11.6. The van der Waals surface area contributed by atoms with Crippen LogP contribution in [0.25, 0.3) is 0 Å². The largest absolute Gasteiger partial charge is 0.392 e. The van der Waals surface area contributed by atoms with E-state index < -0.39 is 0 Å². The van der Waals surface area contributed by atoms with Crippen molar-refractivity contribution in [1.82, 2.24) is 4.98 Å². The molecule has 0 amide bonds. The lowest BCUT2D eigenvalue weighted by Crippen LogP contribution is -1.84. The molecule has 0 aliphatic carbocycles. The summed E-state index contributed by atoms with van der Waals surface area (Å²) in [5.74, 6) is 0. The Kier molecular flexibility index (Phi) is 3.86. The van der Waals surface area contributed by atoms with Crippen LogP contribution in [0, 0.1) is 6.92 Å². The number of benzene rings is 1. The second kappa shape index (κ2) is 5.19. The van der Waals surface area contributed by atoms with Gasteiger partial charge in [-0.05, 0) is 24.6 Å². The van der Waals surface area contributed by atoms with E-state index >= 15 is 0 Å². The minimum atomic E-state index is -0.0276. The molecule has 1 aromatic carbocycles. The fraction of sp³-hybridized carbons (Fsp3) is 0.182. The highest BCUT2D eigenvalue weighted by Gasteiger charge is 2.05. The summed E-state index contributed by atoms with van der Waals surface area (Å²) >= 11 is 9.21. The molecule has 0 bridgehead atoms. The first-order valence-electron chi connectivity index (χ1n) is 4.68. The molecule has 84 valence electrons. The van der Waals surface area contributed by atoms with Crippen molar-refractivity contribution in [3.8, 4) is 0 Å². The molecule has 0 saturated heterocycles. The fourth-order valence-corrected chi connectivity index (χ4v) is 3.36. The number of thiazole rings is 1. The van der Waals surface area contributed by atoms with Crippen molar-refractivity contribution in [3.05, 3.63) is 39.9 Å². The molecule has 0 fully saturated rings. The van der Waals surface area contributed by atoms with Crippen molar-refractivity contribution in [2.45, 2.75) is 22.8 Å². The van der Waals surface area contributed by atoms with Gasteiger partial charge in [-0.3, -0.25) is 0 Å². The van der Waals surface area contributed by atoms with Crippen molar-refractivity contribution in [2.75, 3.05) is 0 Å². The first kappa shape index (κ1) is 11.9. The molecule has 0 aliphatic heterocycles. The maximum absolute atomic E-state index is 9.00. The Bertz CT molecular complexity index is 498. The van der Waals surface area contributed by atoms with E-state index in [-0.39, 0.29) is 6.61 Å². The number of aromatic nitrogens is 1. The van der Waals surface area contributed by atoms with Gasteiger partial charge in [0.05, 0.1) is 6.61 Å². The van der Waals surface area contributed by atoms with Gasteiger partial charge in [-0.1, -0.05) is 29.4 Å². The lowest BCUT2D eigenvalue weighted by atomic mass is 10.2. The molecule has 0 atom stereocenters. The number of rotatable bonds is 3. The van der Waals surface area contributed by atoms with E-state index in [0.717, 1.165) is 20.5 Å². The lowest BCUT2D eigenvalue weighted by Gasteiger charge is -2.02. The first-order chi connectivity index (χ1) is 7.69. The van der Waals surface area contributed by atoms with E-state index in [4.69, 9.17) is 16.7 Å².